The zero-order chi connectivity index (χ0) is 26.7. The van der Waals surface area contributed by atoms with Gasteiger partial charge in [-0.3, -0.25) is 9.69 Å². The van der Waals surface area contributed by atoms with Gasteiger partial charge in [0.05, 0.1) is 18.8 Å². The zero-order valence-corrected chi connectivity index (χ0v) is 22.3. The second kappa shape index (κ2) is 14.2. The number of unbranched alkanes of at least 4 members (excludes halogenated alkanes) is 1. The largest absolute Gasteiger partial charge is 0.480 e. The number of nitrogens with one attached hydrogen (secondary N) is 3. The molecule has 0 amide bonds. The Morgan fingerprint density at radius 2 is 2.26 bits per heavy atom. The molecule has 9 nitrogen and oxygen atoms in total. The molecule has 206 valence electrons. The number of carboxylic acids is 1. The molecule has 3 aliphatic rings. The number of carbonyl (C=O) groups is 1. The number of anilines is 2. The van der Waals surface area contributed by atoms with Crippen molar-refractivity contribution in [1.29, 1.82) is 5.41 Å². The number of pyridine rings is 1. The second-order valence-corrected chi connectivity index (χ2v) is 10.1. The number of benzene rings is 1. The average Bonchev–Trinajstić information content (AvgIpc) is 3.63. The summed E-state index contributed by atoms with van der Waals surface area (Å²) in [7, 11) is 0. The number of likely N-dealkylation sites (tertiary alicyclic amines) is 1. The van der Waals surface area contributed by atoms with Gasteiger partial charge in [-0.2, -0.15) is 0 Å². The number of aliphatic carboxylic acids is 1. The molecule has 2 aromatic rings. The van der Waals surface area contributed by atoms with E-state index in [4.69, 9.17) is 14.9 Å². The van der Waals surface area contributed by atoms with Gasteiger partial charge in [0.15, 0.2) is 0 Å². The van der Waals surface area contributed by atoms with Crippen LogP contribution in [0.1, 0.15) is 61.8 Å². The lowest BCUT2D eigenvalue weighted by molar-refractivity contribution is -0.143. The number of ether oxygens (including phenoxy) is 2. The smallest absolute Gasteiger partial charge is 0.325 e. The van der Waals surface area contributed by atoms with Crippen LogP contribution in [0.3, 0.4) is 0 Å². The molecule has 1 aromatic heterocycles. The Morgan fingerprint density at radius 3 is 3.00 bits per heavy atom. The fraction of sp³-hybridized carbons (Fsp3) is 0.552. The quantitative estimate of drug-likeness (QED) is 0.268. The lowest BCUT2D eigenvalue weighted by Crippen LogP contribution is -2.34. The lowest BCUT2D eigenvalue weighted by Gasteiger charge is -2.28. The third kappa shape index (κ3) is 7.30. The Balaban J connectivity index is 0.000000278. The highest BCUT2D eigenvalue weighted by molar-refractivity contribution is 5.90. The number of hydrogen-bond donors (Lipinski definition) is 4. The molecule has 1 aromatic carbocycles. The summed E-state index contributed by atoms with van der Waals surface area (Å²) in [5, 5.41) is 24.5. The molecule has 9 heteroatoms. The van der Waals surface area contributed by atoms with Gasteiger partial charge in [0.2, 0.25) is 0 Å². The Morgan fingerprint density at radius 1 is 1.37 bits per heavy atom. The molecular formula is C29H41N5O4. The highest BCUT2D eigenvalue weighted by atomic mass is 16.5. The molecule has 3 aliphatic heterocycles. The van der Waals surface area contributed by atoms with Crippen LogP contribution >= 0.6 is 0 Å². The maximum absolute atomic E-state index is 12.3. The number of hydrogen-bond acceptors (Lipinski definition) is 8. The van der Waals surface area contributed by atoms with Crippen LogP contribution in [0.2, 0.25) is 0 Å². The molecule has 0 aliphatic carbocycles. The molecule has 4 heterocycles. The topological polar surface area (TPSA) is 120 Å². The van der Waals surface area contributed by atoms with E-state index in [1.807, 2.05) is 35.4 Å². The van der Waals surface area contributed by atoms with Crippen molar-refractivity contribution in [2.24, 2.45) is 0 Å². The first-order chi connectivity index (χ1) is 18.6. The summed E-state index contributed by atoms with van der Waals surface area (Å²) < 4.78 is 11.4. The second-order valence-electron chi connectivity index (χ2n) is 10.1. The van der Waals surface area contributed by atoms with Gasteiger partial charge in [-0.05, 0) is 43.7 Å². The van der Waals surface area contributed by atoms with Gasteiger partial charge >= 0.3 is 5.97 Å². The molecule has 3 unspecified atom stereocenters. The predicted molar refractivity (Wildman–Crippen MR) is 149 cm³/mol. The molecule has 2 fully saturated rings. The third-order valence-electron chi connectivity index (χ3n) is 7.29. The first-order valence-electron chi connectivity index (χ1n) is 13.8. The van der Waals surface area contributed by atoms with E-state index in [1.54, 1.807) is 0 Å². The summed E-state index contributed by atoms with van der Waals surface area (Å²) >= 11 is 0. The number of aromatic nitrogens is 1. The minimum Gasteiger partial charge on any atom is -0.480 e. The van der Waals surface area contributed by atoms with Crippen molar-refractivity contribution in [3.05, 3.63) is 53.2 Å². The number of fused-ring (bicyclic) bond motifs is 1. The van der Waals surface area contributed by atoms with Crippen molar-refractivity contribution in [3.8, 4) is 0 Å². The lowest BCUT2D eigenvalue weighted by atomic mass is 9.98. The fourth-order valence-corrected chi connectivity index (χ4v) is 5.25. The number of para-hydroxylation sites is 1. The maximum atomic E-state index is 12.3. The molecule has 5 rings (SSSR count). The zero-order valence-electron chi connectivity index (χ0n) is 22.3. The van der Waals surface area contributed by atoms with Crippen LogP contribution in [0.25, 0.3) is 0 Å². The van der Waals surface area contributed by atoms with E-state index >= 15 is 0 Å². The van der Waals surface area contributed by atoms with Crippen molar-refractivity contribution in [1.82, 2.24) is 9.88 Å². The van der Waals surface area contributed by atoms with Crippen molar-refractivity contribution < 1.29 is 19.4 Å². The molecule has 0 bridgehead atoms. The molecule has 0 spiro atoms. The summed E-state index contributed by atoms with van der Waals surface area (Å²) in [6.07, 6.45) is 9.44. The van der Waals surface area contributed by atoms with E-state index in [-0.39, 0.29) is 12.1 Å². The van der Waals surface area contributed by atoms with Crippen LogP contribution in [0.4, 0.5) is 11.5 Å². The highest BCUT2D eigenvalue weighted by Crippen LogP contribution is 2.34. The van der Waals surface area contributed by atoms with Crippen LogP contribution in [-0.4, -0.2) is 78.8 Å². The molecule has 0 saturated carbocycles. The van der Waals surface area contributed by atoms with E-state index in [1.165, 1.54) is 24.6 Å². The van der Waals surface area contributed by atoms with Gasteiger partial charge in [0, 0.05) is 62.1 Å². The van der Waals surface area contributed by atoms with Crippen molar-refractivity contribution in [2.45, 2.75) is 63.6 Å². The Hall–Kier alpha value is -3.01. The van der Waals surface area contributed by atoms with E-state index in [0.29, 0.717) is 37.4 Å². The molecule has 38 heavy (non-hydrogen) atoms. The predicted octanol–water partition coefficient (Wildman–Crippen LogP) is 4.34. The molecule has 4 N–H and O–H groups in total. The van der Waals surface area contributed by atoms with Crippen molar-refractivity contribution in [2.75, 3.05) is 50.1 Å². The summed E-state index contributed by atoms with van der Waals surface area (Å²) in [6, 6.07) is 9.03. The fourth-order valence-electron chi connectivity index (χ4n) is 5.25. The Bertz CT molecular complexity index is 1030. The number of aryl methyl sites for hydroxylation is 1. The van der Waals surface area contributed by atoms with E-state index < -0.39 is 12.0 Å². The molecule has 3 atom stereocenters. The van der Waals surface area contributed by atoms with Gasteiger partial charge in [-0.15, -0.1) is 0 Å². The van der Waals surface area contributed by atoms with Gasteiger partial charge in [-0.1, -0.05) is 37.6 Å². The Kier molecular flexibility index (Phi) is 10.5. The molecule has 0 radical (unpaired) electrons. The summed E-state index contributed by atoms with van der Waals surface area (Å²) in [4.78, 5) is 18.4. The normalized spacial score (nSPS) is 21.5. The van der Waals surface area contributed by atoms with Gasteiger partial charge in [-0.25, -0.2) is 4.98 Å². The summed E-state index contributed by atoms with van der Waals surface area (Å²) in [6.45, 7) is 6.53. The highest BCUT2D eigenvalue weighted by Gasteiger charge is 2.36. The minimum atomic E-state index is -0.873. The standard InChI is InChI=1S/C21H31N3O4.C8H10N2/c1-2-3-10-28-17-7-9-24(13-17)20(21(25)26)18-6-4-5-15(12-22)19(18)23-16-8-11-27-14-16;1-3-7-4-2-6-10-8(7)9-5-1/h4-6,12,16-17,20,22-23H,2-3,7-11,13-14H2,1H3,(H,25,26);1,3,5H,2,4,6H2,(H,9,10). The monoisotopic (exact) mass is 523 g/mol. The van der Waals surface area contributed by atoms with Crippen LogP contribution in [0, 0.1) is 5.41 Å². The number of rotatable bonds is 10. The van der Waals surface area contributed by atoms with E-state index in [0.717, 1.165) is 50.3 Å². The van der Waals surface area contributed by atoms with E-state index in [9.17, 15) is 9.90 Å². The van der Waals surface area contributed by atoms with Crippen LogP contribution in [0.5, 0.6) is 0 Å². The van der Waals surface area contributed by atoms with Gasteiger partial charge in [0.1, 0.15) is 11.9 Å². The summed E-state index contributed by atoms with van der Waals surface area (Å²) in [5.74, 6) is 0.204. The van der Waals surface area contributed by atoms with E-state index in [2.05, 4.69) is 28.6 Å². The van der Waals surface area contributed by atoms with Crippen LogP contribution < -0.4 is 10.6 Å². The van der Waals surface area contributed by atoms with Crippen LogP contribution in [-0.2, 0) is 20.7 Å². The summed E-state index contributed by atoms with van der Waals surface area (Å²) in [5.41, 5.74) is 3.49. The maximum Gasteiger partial charge on any atom is 0.325 e. The Labute approximate surface area is 225 Å². The SMILES string of the molecule is CCCCOC1CCN(C(C(=O)O)c2cccc(C=N)c2NC2CCOC2)C1.c1cnc2c(c1)CCCN2. The number of nitrogens with zero attached hydrogens (tertiary/aromatic N) is 2. The minimum absolute atomic E-state index is 0.0824. The van der Waals surface area contributed by atoms with Gasteiger partial charge in [0.25, 0.3) is 0 Å². The number of carboxylic acid groups (broad SMARTS) is 1. The van der Waals surface area contributed by atoms with Crippen molar-refractivity contribution in [3.63, 3.8) is 0 Å². The third-order valence-corrected chi connectivity index (χ3v) is 7.29. The molecule has 2 saturated heterocycles. The average molecular weight is 524 g/mol. The molecular weight excluding hydrogens is 482 g/mol. The first kappa shape index (κ1) is 28.0. The van der Waals surface area contributed by atoms with Crippen molar-refractivity contribution >= 4 is 23.7 Å². The van der Waals surface area contributed by atoms with Gasteiger partial charge < -0.3 is 30.6 Å². The first-order valence-corrected chi connectivity index (χ1v) is 13.8. The van der Waals surface area contributed by atoms with Crippen LogP contribution in [0.15, 0.2) is 36.5 Å².